The van der Waals surface area contributed by atoms with E-state index in [0.717, 1.165) is 24.3 Å². The Morgan fingerprint density at radius 2 is 1.95 bits per heavy atom. The van der Waals surface area contributed by atoms with Gasteiger partial charge in [-0.25, -0.2) is 0 Å². The van der Waals surface area contributed by atoms with Gasteiger partial charge in [0.05, 0.1) is 12.3 Å². The van der Waals surface area contributed by atoms with Crippen molar-refractivity contribution in [1.29, 1.82) is 0 Å². The molecule has 3 rings (SSSR count). The second-order valence-corrected chi connectivity index (χ2v) is 6.16. The number of ether oxygens (including phenoxy) is 1. The van der Waals surface area contributed by atoms with Crippen LogP contribution in [0.1, 0.15) is 39.0 Å². The molecule has 1 amide bonds. The summed E-state index contributed by atoms with van der Waals surface area (Å²) in [5.41, 5.74) is 0.779. The molecule has 2 aliphatic rings. The van der Waals surface area contributed by atoms with Gasteiger partial charge in [0.15, 0.2) is 0 Å². The Labute approximate surface area is 138 Å². The first-order valence-corrected chi connectivity index (χ1v) is 8.02. The number of hydrogen-bond acceptors (Lipinski definition) is 3. The van der Waals surface area contributed by atoms with Crippen LogP contribution < -0.4 is 15.4 Å². The average Bonchev–Trinajstić information content (AvgIpc) is 2.80. The Morgan fingerprint density at radius 3 is 2.64 bits per heavy atom. The van der Waals surface area contributed by atoms with Gasteiger partial charge in [0.1, 0.15) is 5.75 Å². The molecule has 2 heterocycles. The lowest BCUT2D eigenvalue weighted by Crippen LogP contribution is -2.39. The predicted molar refractivity (Wildman–Crippen MR) is 90.8 cm³/mol. The summed E-state index contributed by atoms with van der Waals surface area (Å²) in [6, 6.07) is 8.90. The Balaban J connectivity index is 0.00000176. The van der Waals surface area contributed by atoms with E-state index in [0.29, 0.717) is 31.0 Å². The Morgan fingerprint density at radius 1 is 1.27 bits per heavy atom. The molecule has 1 aromatic carbocycles. The van der Waals surface area contributed by atoms with Gasteiger partial charge in [-0.2, -0.15) is 0 Å². The zero-order valence-electron chi connectivity index (χ0n) is 13.0. The van der Waals surface area contributed by atoms with E-state index in [9.17, 15) is 4.79 Å². The highest BCUT2D eigenvalue weighted by molar-refractivity contribution is 5.92. The number of benzene rings is 1. The number of rotatable bonds is 5. The number of carbonyl (C=O) groups is 1. The topological polar surface area (TPSA) is 50.4 Å². The summed E-state index contributed by atoms with van der Waals surface area (Å²) in [5.74, 6) is 1.37. The molecule has 2 atom stereocenters. The van der Waals surface area contributed by atoms with Crippen molar-refractivity contribution in [3.63, 3.8) is 0 Å². The van der Waals surface area contributed by atoms with Gasteiger partial charge in [0.2, 0.25) is 5.91 Å². The second-order valence-electron chi connectivity index (χ2n) is 6.16. The molecule has 1 aromatic rings. The molecule has 2 bridgehead atoms. The van der Waals surface area contributed by atoms with Crippen molar-refractivity contribution in [3.8, 4) is 5.75 Å². The molecule has 5 heteroatoms. The molecule has 22 heavy (non-hydrogen) atoms. The fourth-order valence-corrected chi connectivity index (χ4v) is 3.66. The highest BCUT2D eigenvalue weighted by atomic mass is 35.5. The van der Waals surface area contributed by atoms with Crippen molar-refractivity contribution < 1.29 is 9.53 Å². The molecule has 0 radical (unpaired) electrons. The first-order chi connectivity index (χ1) is 10.2. The molecule has 0 spiro atoms. The Kier molecular flexibility index (Phi) is 6.09. The first kappa shape index (κ1) is 17.1. The number of anilines is 1. The molecule has 4 nitrogen and oxygen atoms in total. The highest BCUT2D eigenvalue weighted by Gasteiger charge is 2.34. The zero-order chi connectivity index (χ0) is 14.7. The lowest BCUT2D eigenvalue weighted by Gasteiger charge is -2.28. The van der Waals surface area contributed by atoms with Crippen molar-refractivity contribution in [2.75, 3.05) is 11.9 Å². The number of nitrogens with one attached hydrogen (secondary N) is 2. The van der Waals surface area contributed by atoms with E-state index in [1.54, 1.807) is 0 Å². The quantitative estimate of drug-likeness (QED) is 0.873. The van der Waals surface area contributed by atoms with E-state index in [2.05, 4.69) is 10.6 Å². The lowest BCUT2D eigenvalue weighted by molar-refractivity contribution is -0.117. The minimum atomic E-state index is 0. The number of piperidine rings is 1. The zero-order valence-corrected chi connectivity index (χ0v) is 13.8. The van der Waals surface area contributed by atoms with E-state index in [1.807, 2.05) is 31.2 Å². The standard InChI is InChI=1S/C17H24N2O2.ClH/c1-2-21-16-6-4-3-5-15(16)19-17(20)11-12-9-13-7-8-14(10-12)18-13;/h3-6,12-14,18H,2,7-11H2,1H3,(H,19,20);1H. The van der Waals surface area contributed by atoms with Crippen LogP contribution in [0.5, 0.6) is 5.75 Å². The van der Waals surface area contributed by atoms with E-state index in [-0.39, 0.29) is 18.3 Å². The summed E-state index contributed by atoms with van der Waals surface area (Å²) in [4.78, 5) is 12.3. The monoisotopic (exact) mass is 324 g/mol. The van der Waals surface area contributed by atoms with E-state index in [4.69, 9.17) is 4.74 Å². The van der Waals surface area contributed by atoms with E-state index in [1.165, 1.54) is 12.8 Å². The molecule has 0 saturated carbocycles. The van der Waals surface area contributed by atoms with Gasteiger partial charge in [-0.05, 0) is 50.7 Å². The molecular weight excluding hydrogens is 300 g/mol. The second kappa shape index (κ2) is 7.84. The van der Waals surface area contributed by atoms with Crippen LogP contribution in [-0.2, 0) is 4.79 Å². The van der Waals surface area contributed by atoms with Gasteiger partial charge in [0, 0.05) is 18.5 Å². The summed E-state index contributed by atoms with van der Waals surface area (Å²) >= 11 is 0. The highest BCUT2D eigenvalue weighted by Crippen LogP contribution is 2.33. The van der Waals surface area contributed by atoms with Crippen molar-refractivity contribution in [2.24, 2.45) is 5.92 Å². The third-order valence-electron chi connectivity index (χ3n) is 4.51. The maximum atomic E-state index is 12.3. The van der Waals surface area contributed by atoms with Gasteiger partial charge in [0.25, 0.3) is 0 Å². The molecule has 122 valence electrons. The summed E-state index contributed by atoms with van der Waals surface area (Å²) < 4.78 is 5.55. The van der Waals surface area contributed by atoms with Crippen LogP contribution in [0.15, 0.2) is 24.3 Å². The largest absolute Gasteiger partial charge is 0.492 e. The molecule has 2 fully saturated rings. The molecule has 2 aliphatic heterocycles. The van der Waals surface area contributed by atoms with Gasteiger partial charge in [-0.15, -0.1) is 12.4 Å². The SMILES string of the molecule is CCOc1ccccc1NC(=O)CC1CC2CCC(C1)N2.Cl. The van der Waals surface area contributed by atoms with Gasteiger partial charge in [-0.3, -0.25) is 4.79 Å². The Bertz CT molecular complexity index is 497. The summed E-state index contributed by atoms with van der Waals surface area (Å²) in [6.07, 6.45) is 5.44. The number of para-hydroxylation sites is 2. The predicted octanol–water partition coefficient (Wildman–Crippen LogP) is 3.37. The van der Waals surface area contributed by atoms with Crippen LogP contribution in [0.3, 0.4) is 0 Å². The third kappa shape index (κ3) is 4.14. The molecular formula is C17H25ClN2O2. The maximum Gasteiger partial charge on any atom is 0.224 e. The lowest BCUT2D eigenvalue weighted by atomic mass is 9.89. The van der Waals surface area contributed by atoms with Gasteiger partial charge >= 0.3 is 0 Å². The summed E-state index contributed by atoms with van der Waals surface area (Å²) in [5, 5.41) is 6.63. The van der Waals surface area contributed by atoms with Crippen LogP contribution in [0, 0.1) is 5.92 Å². The van der Waals surface area contributed by atoms with Gasteiger partial charge in [-0.1, -0.05) is 12.1 Å². The number of carbonyl (C=O) groups excluding carboxylic acids is 1. The van der Waals surface area contributed by atoms with Crippen molar-refractivity contribution >= 4 is 24.0 Å². The number of amides is 1. The third-order valence-corrected chi connectivity index (χ3v) is 4.51. The van der Waals surface area contributed by atoms with Crippen LogP contribution in [0.25, 0.3) is 0 Å². The van der Waals surface area contributed by atoms with Crippen LogP contribution in [0.4, 0.5) is 5.69 Å². The van der Waals surface area contributed by atoms with Crippen molar-refractivity contribution in [3.05, 3.63) is 24.3 Å². The minimum Gasteiger partial charge on any atom is -0.492 e. The van der Waals surface area contributed by atoms with Gasteiger partial charge < -0.3 is 15.4 Å². The number of fused-ring (bicyclic) bond motifs is 2. The fraction of sp³-hybridized carbons (Fsp3) is 0.588. The summed E-state index contributed by atoms with van der Waals surface area (Å²) in [7, 11) is 0. The first-order valence-electron chi connectivity index (χ1n) is 8.02. The van der Waals surface area contributed by atoms with Crippen LogP contribution >= 0.6 is 12.4 Å². The maximum absolute atomic E-state index is 12.3. The molecule has 0 aliphatic carbocycles. The normalized spacial score (nSPS) is 26.1. The fourth-order valence-electron chi connectivity index (χ4n) is 3.66. The summed E-state index contributed by atoms with van der Waals surface area (Å²) in [6.45, 7) is 2.55. The minimum absolute atomic E-state index is 0. The smallest absolute Gasteiger partial charge is 0.224 e. The molecule has 2 unspecified atom stereocenters. The van der Waals surface area contributed by atoms with Crippen LogP contribution in [-0.4, -0.2) is 24.6 Å². The average molecular weight is 325 g/mol. The molecule has 0 aromatic heterocycles. The van der Waals surface area contributed by atoms with Crippen molar-refractivity contribution in [1.82, 2.24) is 5.32 Å². The number of hydrogen-bond donors (Lipinski definition) is 2. The number of halogens is 1. The Hall–Kier alpha value is -1.26. The van der Waals surface area contributed by atoms with Crippen molar-refractivity contribution in [2.45, 2.75) is 51.1 Å². The molecule has 2 saturated heterocycles. The van der Waals surface area contributed by atoms with Crippen LogP contribution in [0.2, 0.25) is 0 Å². The van der Waals surface area contributed by atoms with E-state index >= 15 is 0 Å². The van der Waals surface area contributed by atoms with E-state index < -0.39 is 0 Å². The molecule has 2 N–H and O–H groups in total.